The molecule has 0 aliphatic carbocycles. The maximum absolute atomic E-state index is 6.16. The molecule has 2 aromatic heterocycles. The first-order chi connectivity index (χ1) is 9.65. The Morgan fingerprint density at radius 3 is 2.70 bits per heavy atom. The topological polar surface area (TPSA) is 25.8 Å². The van der Waals surface area contributed by atoms with Gasteiger partial charge in [-0.3, -0.25) is 4.98 Å². The van der Waals surface area contributed by atoms with Crippen molar-refractivity contribution in [2.45, 2.75) is 0 Å². The second-order valence-electron chi connectivity index (χ2n) is 4.00. The van der Waals surface area contributed by atoms with Crippen LogP contribution in [0.15, 0.2) is 46.4 Å². The first-order valence-corrected chi connectivity index (χ1v) is 8.10. The van der Waals surface area contributed by atoms with Crippen molar-refractivity contribution in [3.8, 4) is 22.0 Å². The third-order valence-electron chi connectivity index (χ3n) is 2.66. The number of pyridine rings is 1. The van der Waals surface area contributed by atoms with Crippen LogP contribution < -0.4 is 0 Å². The highest BCUT2D eigenvalue weighted by atomic mass is 79.9. The van der Waals surface area contributed by atoms with Gasteiger partial charge in [0.15, 0.2) is 0 Å². The minimum atomic E-state index is 0.505. The highest BCUT2D eigenvalue weighted by Gasteiger charge is 2.12. The van der Waals surface area contributed by atoms with E-state index < -0.39 is 0 Å². The minimum absolute atomic E-state index is 0.505. The second-order valence-corrected chi connectivity index (χ2v) is 6.56. The van der Waals surface area contributed by atoms with Gasteiger partial charge in [-0.05, 0) is 12.1 Å². The van der Waals surface area contributed by atoms with E-state index in [2.05, 4.69) is 25.9 Å². The van der Waals surface area contributed by atoms with Gasteiger partial charge in [0.2, 0.25) is 0 Å². The zero-order valence-corrected chi connectivity index (χ0v) is 13.9. The van der Waals surface area contributed by atoms with E-state index >= 15 is 0 Å². The van der Waals surface area contributed by atoms with Crippen molar-refractivity contribution in [3.63, 3.8) is 0 Å². The van der Waals surface area contributed by atoms with E-state index in [-0.39, 0.29) is 0 Å². The van der Waals surface area contributed by atoms with Crippen LogP contribution in [0, 0.1) is 0 Å². The summed E-state index contributed by atoms with van der Waals surface area (Å²) in [5.74, 6) is 0. The molecule has 3 rings (SSSR count). The van der Waals surface area contributed by atoms with Gasteiger partial charge in [-0.25, -0.2) is 4.98 Å². The monoisotopic (exact) mass is 384 g/mol. The van der Waals surface area contributed by atoms with E-state index in [1.165, 1.54) is 11.3 Å². The quantitative estimate of drug-likeness (QED) is 0.545. The van der Waals surface area contributed by atoms with Crippen molar-refractivity contribution in [1.29, 1.82) is 0 Å². The molecule has 0 amide bonds. The van der Waals surface area contributed by atoms with E-state index in [4.69, 9.17) is 23.2 Å². The first kappa shape index (κ1) is 14.0. The lowest BCUT2D eigenvalue weighted by atomic mass is 10.2. The summed E-state index contributed by atoms with van der Waals surface area (Å²) in [5.41, 5.74) is 2.59. The van der Waals surface area contributed by atoms with Crippen LogP contribution in [0.5, 0.6) is 0 Å². The number of rotatable bonds is 2. The molecule has 1 aromatic carbocycles. The van der Waals surface area contributed by atoms with Gasteiger partial charge in [0.1, 0.15) is 10.7 Å². The van der Waals surface area contributed by atoms with Gasteiger partial charge < -0.3 is 0 Å². The van der Waals surface area contributed by atoms with Crippen molar-refractivity contribution < 1.29 is 0 Å². The molecular formula is C14H7BrCl2N2S. The van der Waals surface area contributed by atoms with Crippen LogP contribution in [0.25, 0.3) is 22.0 Å². The van der Waals surface area contributed by atoms with E-state index in [1.807, 2.05) is 29.6 Å². The summed E-state index contributed by atoms with van der Waals surface area (Å²) < 4.78 is 1.01. The summed E-state index contributed by atoms with van der Waals surface area (Å²) in [6.07, 6.45) is 1.57. The number of hydrogen-bond donors (Lipinski definition) is 0. The molecule has 0 aliphatic rings. The molecule has 0 atom stereocenters. The van der Waals surface area contributed by atoms with Gasteiger partial charge in [-0.2, -0.15) is 0 Å². The van der Waals surface area contributed by atoms with Crippen molar-refractivity contribution >= 4 is 50.5 Å². The summed E-state index contributed by atoms with van der Waals surface area (Å²) in [7, 11) is 0. The molecule has 0 bridgehead atoms. The molecule has 2 heterocycles. The van der Waals surface area contributed by atoms with Crippen LogP contribution >= 0.6 is 50.5 Å². The van der Waals surface area contributed by atoms with Crippen molar-refractivity contribution in [2.24, 2.45) is 0 Å². The molecule has 0 spiro atoms. The fraction of sp³-hybridized carbons (Fsp3) is 0. The molecular weight excluding hydrogens is 379 g/mol. The van der Waals surface area contributed by atoms with Gasteiger partial charge in [-0.15, -0.1) is 11.3 Å². The molecule has 0 unspecified atom stereocenters. The van der Waals surface area contributed by atoms with Gasteiger partial charge >= 0.3 is 0 Å². The Balaban J connectivity index is 2.04. The first-order valence-electron chi connectivity index (χ1n) is 5.67. The zero-order chi connectivity index (χ0) is 14.1. The molecule has 3 aromatic rings. The molecule has 2 nitrogen and oxygen atoms in total. The average molecular weight is 386 g/mol. The number of halogens is 3. The summed E-state index contributed by atoms with van der Waals surface area (Å²) in [6.45, 7) is 0. The molecule has 0 aliphatic heterocycles. The van der Waals surface area contributed by atoms with Gasteiger partial charge in [0.05, 0.1) is 15.7 Å². The van der Waals surface area contributed by atoms with E-state index in [0.717, 1.165) is 20.7 Å². The van der Waals surface area contributed by atoms with Crippen LogP contribution in [-0.2, 0) is 0 Å². The van der Waals surface area contributed by atoms with Gasteiger partial charge in [0.25, 0.3) is 0 Å². The minimum Gasteiger partial charge on any atom is -0.251 e. The molecule has 0 saturated carbocycles. The number of benzene rings is 1. The van der Waals surface area contributed by atoms with Crippen molar-refractivity contribution in [2.75, 3.05) is 0 Å². The Kier molecular flexibility index (Phi) is 4.08. The number of nitrogens with zero attached hydrogens (tertiary/aromatic N) is 2. The van der Waals surface area contributed by atoms with Crippen LogP contribution in [0.3, 0.4) is 0 Å². The van der Waals surface area contributed by atoms with Crippen molar-refractivity contribution in [3.05, 3.63) is 56.4 Å². The predicted octanol–water partition coefficient (Wildman–Crippen LogP) is 5.94. The van der Waals surface area contributed by atoms with Crippen LogP contribution in [-0.4, -0.2) is 9.97 Å². The molecule has 0 N–H and O–H groups in total. The zero-order valence-electron chi connectivity index (χ0n) is 9.98. The molecule has 0 fully saturated rings. The highest BCUT2D eigenvalue weighted by molar-refractivity contribution is 9.10. The van der Waals surface area contributed by atoms with E-state index in [0.29, 0.717) is 15.7 Å². The summed E-state index contributed by atoms with van der Waals surface area (Å²) >= 11 is 17.0. The van der Waals surface area contributed by atoms with Gasteiger partial charge in [0, 0.05) is 21.6 Å². The summed E-state index contributed by atoms with van der Waals surface area (Å²) in [4.78, 5) is 8.85. The fourth-order valence-corrected chi connectivity index (χ4v) is 3.59. The van der Waals surface area contributed by atoms with Crippen molar-refractivity contribution in [1.82, 2.24) is 9.97 Å². The lowest BCUT2D eigenvalue weighted by molar-refractivity contribution is 1.29. The molecule has 100 valence electrons. The predicted molar refractivity (Wildman–Crippen MR) is 88.5 cm³/mol. The Morgan fingerprint density at radius 2 is 1.95 bits per heavy atom. The summed E-state index contributed by atoms with van der Waals surface area (Å²) in [6, 6.07) is 9.62. The molecule has 20 heavy (non-hydrogen) atoms. The van der Waals surface area contributed by atoms with Crippen LogP contribution in [0.4, 0.5) is 0 Å². The van der Waals surface area contributed by atoms with Crippen LogP contribution in [0.1, 0.15) is 0 Å². The number of thiazole rings is 1. The SMILES string of the molecule is Clc1cnc(-c2nc(-c3ccccc3Br)cs2)c(Cl)c1. The summed E-state index contributed by atoms with van der Waals surface area (Å²) in [5, 5.41) is 3.78. The third kappa shape index (κ3) is 2.74. The Labute approximate surface area is 138 Å². The standard InChI is InChI=1S/C14H7BrCl2N2S/c15-10-4-2-1-3-9(10)12-7-20-14(19-12)13-11(17)5-8(16)6-18-13/h1-7H. The molecule has 0 radical (unpaired) electrons. The largest absolute Gasteiger partial charge is 0.251 e. The maximum atomic E-state index is 6.16. The molecule has 6 heteroatoms. The lowest BCUT2D eigenvalue weighted by Crippen LogP contribution is -1.85. The van der Waals surface area contributed by atoms with Gasteiger partial charge in [-0.1, -0.05) is 57.3 Å². The Morgan fingerprint density at radius 1 is 1.15 bits per heavy atom. The molecule has 0 saturated heterocycles. The maximum Gasteiger partial charge on any atom is 0.144 e. The van der Waals surface area contributed by atoms with Crippen LogP contribution in [0.2, 0.25) is 10.0 Å². The normalized spacial score (nSPS) is 10.8. The van der Waals surface area contributed by atoms with E-state index in [1.54, 1.807) is 12.3 Å². The average Bonchev–Trinajstić information content (AvgIpc) is 2.88. The smallest absolute Gasteiger partial charge is 0.144 e. The highest BCUT2D eigenvalue weighted by Crippen LogP contribution is 2.34. The number of hydrogen-bond acceptors (Lipinski definition) is 3. The number of aromatic nitrogens is 2. The Bertz CT molecular complexity index is 773. The Hall–Kier alpha value is -0.940. The lowest BCUT2D eigenvalue weighted by Gasteiger charge is -2.01. The second kappa shape index (κ2) is 5.82. The third-order valence-corrected chi connectivity index (χ3v) is 4.70. The fourth-order valence-electron chi connectivity index (χ4n) is 1.75. The van der Waals surface area contributed by atoms with E-state index in [9.17, 15) is 0 Å².